The van der Waals surface area contributed by atoms with Crippen LogP contribution in [0.4, 0.5) is 0 Å². The number of Topliss-reactive ketones (excluding diaryl/α,β-unsaturated/α-hetero) is 1. The fraction of sp³-hybridized carbons (Fsp3) is 0.385. The Morgan fingerprint density at radius 1 is 1.50 bits per heavy atom. The van der Waals surface area contributed by atoms with E-state index >= 15 is 0 Å². The van der Waals surface area contributed by atoms with E-state index in [1.807, 2.05) is 0 Å². The number of carbonyl (C=O) groups excluding carboxylic acids is 1. The maximum absolute atomic E-state index is 12.1. The summed E-state index contributed by atoms with van der Waals surface area (Å²) in [6.45, 7) is 1.48. The number of aromatic nitrogens is 1. The van der Waals surface area contributed by atoms with Crippen molar-refractivity contribution in [3.05, 3.63) is 50.7 Å². The summed E-state index contributed by atoms with van der Waals surface area (Å²) < 4.78 is 5.11. The topological polar surface area (TPSA) is 88.8 Å². The van der Waals surface area contributed by atoms with Gasteiger partial charge in [0.2, 0.25) is 6.23 Å². The van der Waals surface area contributed by atoms with Gasteiger partial charge in [0.05, 0.1) is 4.92 Å². The molecule has 0 spiro atoms. The summed E-state index contributed by atoms with van der Waals surface area (Å²) in [6.07, 6.45) is 0.700. The van der Waals surface area contributed by atoms with Crippen LogP contribution in [0.1, 0.15) is 5.56 Å². The molecule has 3 rings (SSSR count). The van der Waals surface area contributed by atoms with Crippen molar-refractivity contribution in [1.29, 1.82) is 0 Å². The van der Waals surface area contributed by atoms with Crippen LogP contribution in [-0.2, 0) is 16.1 Å². The van der Waals surface area contributed by atoms with Crippen molar-refractivity contribution < 1.29 is 14.5 Å². The molecule has 116 valence electrons. The number of ether oxygens (including phenoxy) is 1. The van der Waals surface area contributed by atoms with Gasteiger partial charge in [0, 0.05) is 32.9 Å². The molecule has 1 aromatic heterocycles. The number of hydrogen-bond acceptors (Lipinski definition) is 7. The lowest BCUT2D eigenvalue weighted by Gasteiger charge is -2.21. The van der Waals surface area contributed by atoms with Crippen LogP contribution < -0.4 is 0 Å². The van der Waals surface area contributed by atoms with E-state index in [9.17, 15) is 14.9 Å². The number of nitrogens with zero attached hydrogens (tertiary/aromatic N) is 4. The highest BCUT2D eigenvalue weighted by molar-refractivity contribution is 6.29. The first-order valence-electron chi connectivity index (χ1n) is 6.60. The van der Waals surface area contributed by atoms with E-state index in [0.717, 1.165) is 5.56 Å². The minimum absolute atomic E-state index is 0.316. The third-order valence-corrected chi connectivity index (χ3v) is 3.93. The summed E-state index contributed by atoms with van der Waals surface area (Å²) in [5.74, 6) is -0.293. The van der Waals surface area contributed by atoms with E-state index in [0.29, 0.717) is 30.6 Å². The number of fused-ring (bicyclic) bond motifs is 1. The zero-order chi connectivity index (χ0) is 15.9. The lowest BCUT2D eigenvalue weighted by molar-refractivity contribution is -0.420. The molecule has 0 radical (unpaired) electrons. The molecule has 0 bridgehead atoms. The molecule has 9 heteroatoms. The molecule has 0 aromatic carbocycles. The summed E-state index contributed by atoms with van der Waals surface area (Å²) >= 11 is 5.75. The normalized spacial score (nSPS) is 20.8. The van der Waals surface area contributed by atoms with E-state index in [2.05, 4.69) is 4.98 Å². The maximum atomic E-state index is 12.1. The Balaban J connectivity index is 1.92. The number of pyridine rings is 1. The van der Waals surface area contributed by atoms with Crippen LogP contribution in [0.3, 0.4) is 0 Å². The average molecular weight is 325 g/mol. The van der Waals surface area contributed by atoms with E-state index in [-0.39, 0.29) is 0 Å². The molecule has 0 amide bonds. The highest BCUT2D eigenvalue weighted by Gasteiger charge is 2.51. The fourth-order valence-corrected chi connectivity index (χ4v) is 2.90. The van der Waals surface area contributed by atoms with Crippen LogP contribution in [-0.4, -0.2) is 51.9 Å². The summed E-state index contributed by atoms with van der Waals surface area (Å²) in [5, 5.41) is 11.6. The van der Waals surface area contributed by atoms with Gasteiger partial charge >= 0.3 is 5.70 Å². The van der Waals surface area contributed by atoms with Gasteiger partial charge in [-0.25, -0.2) is 4.98 Å². The minimum Gasteiger partial charge on any atom is -0.354 e. The second-order valence-corrected chi connectivity index (χ2v) is 5.37. The van der Waals surface area contributed by atoms with Crippen molar-refractivity contribution in [2.75, 3.05) is 20.2 Å². The number of carbonyl (C=O) groups is 1. The molecule has 2 aliphatic heterocycles. The molecular weight excluding hydrogens is 312 g/mol. The number of halogens is 1. The highest BCUT2D eigenvalue weighted by Crippen LogP contribution is 2.34. The zero-order valence-corrected chi connectivity index (χ0v) is 12.5. The molecule has 1 atom stereocenters. The van der Waals surface area contributed by atoms with E-state index in [1.54, 1.807) is 28.1 Å². The maximum Gasteiger partial charge on any atom is 0.356 e. The Labute approximate surface area is 131 Å². The quantitative estimate of drug-likeness (QED) is 0.461. The van der Waals surface area contributed by atoms with Crippen molar-refractivity contribution in [2.24, 2.45) is 0 Å². The Hall–Kier alpha value is -2.19. The lowest BCUT2D eigenvalue weighted by atomic mass is 10.2. The van der Waals surface area contributed by atoms with E-state index < -0.39 is 22.6 Å². The van der Waals surface area contributed by atoms with Gasteiger partial charge in [0.15, 0.2) is 5.82 Å². The van der Waals surface area contributed by atoms with Crippen LogP contribution in [0.2, 0.25) is 5.15 Å². The molecule has 22 heavy (non-hydrogen) atoms. The first-order valence-corrected chi connectivity index (χ1v) is 6.98. The summed E-state index contributed by atoms with van der Waals surface area (Å²) in [6, 6.07) is 3.46. The van der Waals surface area contributed by atoms with Crippen molar-refractivity contribution >= 4 is 17.4 Å². The van der Waals surface area contributed by atoms with Gasteiger partial charge in [-0.3, -0.25) is 14.9 Å². The van der Waals surface area contributed by atoms with Crippen molar-refractivity contribution in [1.82, 2.24) is 14.8 Å². The third-order valence-electron chi connectivity index (χ3n) is 3.70. The van der Waals surface area contributed by atoms with Crippen molar-refractivity contribution in [3.8, 4) is 0 Å². The van der Waals surface area contributed by atoms with E-state index in [4.69, 9.17) is 16.3 Å². The second-order valence-electron chi connectivity index (χ2n) is 4.99. The van der Waals surface area contributed by atoms with Gasteiger partial charge in [-0.15, -0.1) is 0 Å². The predicted octanol–water partition coefficient (Wildman–Crippen LogP) is 0.854. The molecule has 0 N–H and O–H groups in total. The Morgan fingerprint density at radius 2 is 2.27 bits per heavy atom. The average Bonchev–Trinajstić information content (AvgIpc) is 2.98. The first kappa shape index (κ1) is 14.7. The molecule has 1 aromatic rings. The van der Waals surface area contributed by atoms with Gasteiger partial charge in [0.25, 0.3) is 5.78 Å². The van der Waals surface area contributed by atoms with Crippen molar-refractivity contribution in [2.45, 2.75) is 12.8 Å². The monoisotopic (exact) mass is 324 g/mol. The molecule has 1 saturated heterocycles. The molecule has 3 heterocycles. The standard InChI is InChI=1S/C13H13ClN4O4/c1-22-13-11(19)10(18(20)21)12-16(4-5-17(12)13)7-8-2-3-9(14)15-6-8/h2-3,6,13H,4-5,7H2,1H3. The fourth-order valence-electron chi connectivity index (χ4n) is 2.78. The van der Waals surface area contributed by atoms with Crippen LogP contribution in [0.15, 0.2) is 29.8 Å². The van der Waals surface area contributed by atoms with Crippen LogP contribution >= 0.6 is 11.6 Å². The van der Waals surface area contributed by atoms with Gasteiger partial charge in [0.1, 0.15) is 5.15 Å². The van der Waals surface area contributed by atoms with Gasteiger partial charge in [-0.2, -0.15) is 0 Å². The third kappa shape index (κ3) is 2.30. The SMILES string of the molecule is COC1C(=O)C([N+](=O)[O-])=C2N(Cc3ccc(Cl)nc3)CCN21. The van der Waals surface area contributed by atoms with Gasteiger partial charge in [-0.05, 0) is 11.6 Å². The van der Waals surface area contributed by atoms with Gasteiger partial charge < -0.3 is 14.5 Å². The number of ketones is 1. The van der Waals surface area contributed by atoms with Crippen LogP contribution in [0.25, 0.3) is 0 Å². The highest BCUT2D eigenvalue weighted by atomic mass is 35.5. The van der Waals surface area contributed by atoms with Crippen LogP contribution in [0.5, 0.6) is 0 Å². The molecule has 0 saturated carbocycles. The number of methoxy groups -OCH3 is 1. The zero-order valence-electron chi connectivity index (χ0n) is 11.7. The second kappa shape index (κ2) is 5.54. The summed E-state index contributed by atoms with van der Waals surface area (Å²) in [5.41, 5.74) is 0.445. The predicted molar refractivity (Wildman–Crippen MR) is 76.2 cm³/mol. The molecule has 8 nitrogen and oxygen atoms in total. The first-order chi connectivity index (χ1) is 10.5. The molecular formula is C13H13ClN4O4. The summed E-state index contributed by atoms with van der Waals surface area (Å²) in [7, 11) is 1.37. The molecule has 0 aliphatic carbocycles. The smallest absolute Gasteiger partial charge is 0.354 e. The van der Waals surface area contributed by atoms with Crippen LogP contribution in [0, 0.1) is 10.1 Å². The number of rotatable bonds is 4. The largest absolute Gasteiger partial charge is 0.356 e. The Kier molecular flexibility index (Phi) is 3.71. The molecule has 1 fully saturated rings. The van der Waals surface area contributed by atoms with Gasteiger partial charge in [-0.1, -0.05) is 17.7 Å². The molecule has 1 unspecified atom stereocenters. The minimum atomic E-state index is -0.913. The lowest BCUT2D eigenvalue weighted by Crippen LogP contribution is -2.35. The van der Waals surface area contributed by atoms with Crippen molar-refractivity contribution in [3.63, 3.8) is 0 Å². The summed E-state index contributed by atoms with van der Waals surface area (Å²) in [4.78, 5) is 30.1. The number of hydrogen-bond donors (Lipinski definition) is 0. The van der Waals surface area contributed by atoms with E-state index in [1.165, 1.54) is 7.11 Å². The Morgan fingerprint density at radius 3 is 2.86 bits per heavy atom. The Bertz CT molecular complexity index is 661. The number of nitro groups is 1. The molecule has 2 aliphatic rings.